The Kier molecular flexibility index (Phi) is 4.80. The summed E-state index contributed by atoms with van der Waals surface area (Å²) in [5, 5.41) is 0. The van der Waals surface area contributed by atoms with Crippen molar-refractivity contribution in [2.75, 3.05) is 0 Å². The van der Waals surface area contributed by atoms with E-state index < -0.39 is 0 Å². The Morgan fingerprint density at radius 2 is 1.27 bits per heavy atom. The van der Waals surface area contributed by atoms with Crippen LogP contribution in [0.3, 0.4) is 0 Å². The molecule has 0 aliphatic rings. The van der Waals surface area contributed by atoms with Gasteiger partial charge >= 0.3 is 0 Å². The second-order valence-electron chi connectivity index (χ2n) is 5.39. The molecule has 0 atom stereocenters. The van der Waals surface area contributed by atoms with E-state index in [9.17, 15) is 0 Å². The van der Waals surface area contributed by atoms with Crippen LogP contribution in [0.4, 0.5) is 0 Å². The minimum atomic E-state index is 1.08. The first-order chi connectivity index (χ1) is 10.7. The molecule has 2 heteroatoms. The number of halogens is 1. The van der Waals surface area contributed by atoms with Crippen LogP contribution in [-0.2, 0) is 12.8 Å². The van der Waals surface area contributed by atoms with Gasteiger partial charge in [-0.2, -0.15) is 0 Å². The number of rotatable bonds is 4. The average molecular weight is 371 g/mol. The minimum absolute atomic E-state index is 1.08. The molecule has 0 fully saturated rings. The Balaban J connectivity index is 1.95. The maximum atomic E-state index is 3.73. The van der Waals surface area contributed by atoms with Gasteiger partial charge in [0.25, 0.3) is 0 Å². The Morgan fingerprint density at radius 3 is 1.77 bits per heavy atom. The molecule has 0 amide bonds. The summed E-state index contributed by atoms with van der Waals surface area (Å²) in [6.45, 7) is 4.38. The third kappa shape index (κ3) is 3.18. The van der Waals surface area contributed by atoms with E-state index in [4.69, 9.17) is 0 Å². The van der Waals surface area contributed by atoms with Crippen LogP contribution in [-0.4, -0.2) is 0 Å². The molecule has 3 rings (SSSR count). The molecule has 0 spiro atoms. The van der Waals surface area contributed by atoms with Crippen molar-refractivity contribution < 1.29 is 0 Å². The molecular formula is C20H19BrS. The fraction of sp³-hybridized carbons (Fsp3) is 0.200. The summed E-state index contributed by atoms with van der Waals surface area (Å²) in [4.78, 5) is 2.61. The summed E-state index contributed by atoms with van der Waals surface area (Å²) in [6, 6.07) is 20.0. The van der Waals surface area contributed by atoms with E-state index in [-0.39, 0.29) is 0 Å². The molecule has 0 nitrogen and oxygen atoms in total. The molecule has 0 aliphatic carbocycles. The van der Waals surface area contributed by atoms with Gasteiger partial charge in [0.05, 0.1) is 0 Å². The first kappa shape index (κ1) is 15.5. The average Bonchev–Trinajstić information content (AvgIpc) is 2.97. The van der Waals surface area contributed by atoms with Gasteiger partial charge in [0.15, 0.2) is 0 Å². The second-order valence-corrected chi connectivity index (χ2v) is 7.30. The van der Waals surface area contributed by atoms with Gasteiger partial charge in [0.1, 0.15) is 0 Å². The van der Waals surface area contributed by atoms with Crippen LogP contribution in [0, 0.1) is 0 Å². The molecule has 0 aliphatic heterocycles. The highest BCUT2D eigenvalue weighted by Crippen LogP contribution is 2.41. The van der Waals surface area contributed by atoms with Crippen molar-refractivity contribution in [1.82, 2.24) is 0 Å². The quantitative estimate of drug-likeness (QED) is 0.465. The normalized spacial score (nSPS) is 10.9. The van der Waals surface area contributed by atoms with E-state index in [1.54, 1.807) is 0 Å². The number of hydrogen-bond donors (Lipinski definition) is 0. The Morgan fingerprint density at radius 1 is 0.773 bits per heavy atom. The lowest BCUT2D eigenvalue weighted by molar-refractivity contribution is 1.14. The lowest BCUT2D eigenvalue weighted by Gasteiger charge is -2.01. The molecule has 112 valence electrons. The van der Waals surface area contributed by atoms with E-state index >= 15 is 0 Å². The Labute approximate surface area is 145 Å². The molecule has 3 aromatic rings. The maximum absolute atomic E-state index is 3.73. The minimum Gasteiger partial charge on any atom is -0.134 e. The molecule has 0 saturated heterocycles. The van der Waals surface area contributed by atoms with Crippen LogP contribution in [0.1, 0.15) is 25.0 Å². The topological polar surface area (TPSA) is 0 Å². The summed E-state index contributed by atoms with van der Waals surface area (Å²) in [7, 11) is 0. The highest BCUT2D eigenvalue weighted by molar-refractivity contribution is 9.10. The molecule has 1 heterocycles. The number of aryl methyl sites for hydroxylation is 2. The number of thiophene rings is 1. The molecule has 22 heavy (non-hydrogen) atoms. The standard InChI is InChI=1S/C20H19BrS/c1-3-14-5-9-16(10-6-14)19-13-18(21)20(22-19)17-11-7-15(4-2)8-12-17/h5-13H,3-4H2,1-2H3. The van der Waals surface area contributed by atoms with Gasteiger partial charge in [-0.05, 0) is 57.1 Å². The van der Waals surface area contributed by atoms with Crippen LogP contribution < -0.4 is 0 Å². The predicted octanol–water partition coefficient (Wildman–Crippen LogP) is 6.97. The molecule has 1 aromatic heterocycles. The lowest BCUT2D eigenvalue weighted by atomic mass is 10.1. The van der Waals surface area contributed by atoms with Crippen molar-refractivity contribution in [3.8, 4) is 20.9 Å². The van der Waals surface area contributed by atoms with E-state index in [2.05, 4.69) is 84.4 Å². The van der Waals surface area contributed by atoms with Crippen molar-refractivity contribution in [2.24, 2.45) is 0 Å². The molecule has 0 N–H and O–H groups in total. The van der Waals surface area contributed by atoms with Crippen LogP contribution in [0.5, 0.6) is 0 Å². The fourth-order valence-electron chi connectivity index (χ4n) is 2.50. The predicted molar refractivity (Wildman–Crippen MR) is 102 cm³/mol. The smallest absolute Gasteiger partial charge is 0.0491 e. The van der Waals surface area contributed by atoms with Gasteiger partial charge in [0, 0.05) is 14.2 Å². The van der Waals surface area contributed by atoms with Crippen molar-refractivity contribution in [1.29, 1.82) is 0 Å². The SMILES string of the molecule is CCc1ccc(-c2cc(Br)c(-c3ccc(CC)cc3)s2)cc1. The van der Waals surface area contributed by atoms with Crippen molar-refractivity contribution in [3.63, 3.8) is 0 Å². The van der Waals surface area contributed by atoms with Gasteiger partial charge in [-0.1, -0.05) is 62.4 Å². The summed E-state index contributed by atoms with van der Waals surface area (Å²) < 4.78 is 1.18. The van der Waals surface area contributed by atoms with Crippen LogP contribution in [0.25, 0.3) is 20.9 Å². The van der Waals surface area contributed by atoms with Crippen molar-refractivity contribution in [3.05, 3.63) is 70.2 Å². The van der Waals surface area contributed by atoms with E-state index in [1.165, 1.54) is 36.5 Å². The highest BCUT2D eigenvalue weighted by Gasteiger charge is 2.10. The second kappa shape index (κ2) is 6.80. The third-order valence-corrected chi connectivity index (χ3v) is 6.08. The lowest BCUT2D eigenvalue weighted by Crippen LogP contribution is -1.79. The van der Waals surface area contributed by atoms with E-state index in [0.717, 1.165) is 12.8 Å². The third-order valence-electron chi connectivity index (χ3n) is 3.96. The van der Waals surface area contributed by atoms with Crippen molar-refractivity contribution in [2.45, 2.75) is 26.7 Å². The monoisotopic (exact) mass is 370 g/mol. The van der Waals surface area contributed by atoms with Crippen LogP contribution in [0.2, 0.25) is 0 Å². The van der Waals surface area contributed by atoms with Gasteiger partial charge in [0.2, 0.25) is 0 Å². The molecule has 0 radical (unpaired) electrons. The maximum Gasteiger partial charge on any atom is 0.0491 e. The van der Waals surface area contributed by atoms with Crippen LogP contribution in [0.15, 0.2) is 59.1 Å². The molecular weight excluding hydrogens is 352 g/mol. The van der Waals surface area contributed by atoms with Crippen molar-refractivity contribution >= 4 is 27.3 Å². The van der Waals surface area contributed by atoms with E-state index in [1.807, 2.05) is 11.3 Å². The summed E-state index contributed by atoms with van der Waals surface area (Å²) in [6.07, 6.45) is 2.17. The number of benzene rings is 2. The van der Waals surface area contributed by atoms with Gasteiger partial charge in [-0.15, -0.1) is 11.3 Å². The molecule has 2 aromatic carbocycles. The first-order valence-corrected chi connectivity index (χ1v) is 9.30. The van der Waals surface area contributed by atoms with Gasteiger partial charge < -0.3 is 0 Å². The summed E-state index contributed by atoms with van der Waals surface area (Å²) in [5.74, 6) is 0. The van der Waals surface area contributed by atoms with Gasteiger partial charge in [-0.25, -0.2) is 0 Å². The Hall–Kier alpha value is -1.38. The molecule has 0 bridgehead atoms. The fourth-order valence-corrected chi connectivity index (χ4v) is 4.42. The van der Waals surface area contributed by atoms with E-state index in [0.29, 0.717) is 0 Å². The van der Waals surface area contributed by atoms with Gasteiger partial charge in [-0.3, -0.25) is 0 Å². The highest BCUT2D eigenvalue weighted by atomic mass is 79.9. The summed E-state index contributed by atoms with van der Waals surface area (Å²) >= 11 is 5.57. The zero-order valence-corrected chi connectivity index (χ0v) is 15.3. The Bertz CT molecular complexity index is 751. The molecule has 0 saturated carbocycles. The summed E-state index contributed by atoms with van der Waals surface area (Å²) in [5.41, 5.74) is 5.34. The first-order valence-electron chi connectivity index (χ1n) is 7.69. The molecule has 0 unspecified atom stereocenters. The largest absolute Gasteiger partial charge is 0.134 e. The van der Waals surface area contributed by atoms with Crippen LogP contribution >= 0.6 is 27.3 Å². The zero-order chi connectivity index (χ0) is 15.5. The zero-order valence-electron chi connectivity index (χ0n) is 12.9. The number of hydrogen-bond acceptors (Lipinski definition) is 1.